The lowest BCUT2D eigenvalue weighted by atomic mass is 9.77. The predicted octanol–water partition coefficient (Wildman–Crippen LogP) is 4.54. The minimum Gasteiger partial charge on any atom is -0.387 e. The van der Waals surface area contributed by atoms with Crippen LogP contribution >= 0.6 is 22.6 Å². The van der Waals surface area contributed by atoms with Gasteiger partial charge in [0.05, 0.1) is 6.21 Å². The zero-order valence-electron chi connectivity index (χ0n) is 10.4. The van der Waals surface area contributed by atoms with E-state index in [0.29, 0.717) is 5.92 Å². The molecule has 3 rings (SSSR count). The highest BCUT2D eigenvalue weighted by Crippen LogP contribution is 2.40. The van der Waals surface area contributed by atoms with Gasteiger partial charge in [0.1, 0.15) is 0 Å². The number of hydrogen-bond donors (Lipinski definition) is 0. The molecule has 0 saturated heterocycles. The first kappa shape index (κ1) is 12.5. The van der Waals surface area contributed by atoms with E-state index in [1.807, 2.05) is 6.21 Å². The molecule has 1 heterocycles. The van der Waals surface area contributed by atoms with Gasteiger partial charge in [-0.3, -0.25) is 0 Å². The normalized spacial score (nSPS) is 28.3. The van der Waals surface area contributed by atoms with E-state index in [-0.39, 0.29) is 6.10 Å². The molecule has 96 valence electrons. The molecule has 0 bridgehead atoms. The summed E-state index contributed by atoms with van der Waals surface area (Å²) in [5.41, 5.74) is 1.27. The number of halogens is 1. The summed E-state index contributed by atoms with van der Waals surface area (Å²) in [6.07, 6.45) is 8.99. The van der Waals surface area contributed by atoms with Gasteiger partial charge in [-0.2, -0.15) is 0 Å². The number of benzene rings is 1. The van der Waals surface area contributed by atoms with Crippen LogP contribution in [0.2, 0.25) is 0 Å². The van der Waals surface area contributed by atoms with Crippen LogP contribution in [0, 0.1) is 15.4 Å². The van der Waals surface area contributed by atoms with Gasteiger partial charge in [-0.15, -0.1) is 0 Å². The highest BCUT2D eigenvalue weighted by Gasteiger charge is 2.35. The smallest absolute Gasteiger partial charge is 0.160 e. The lowest BCUT2D eigenvalue weighted by Gasteiger charge is -2.28. The highest BCUT2D eigenvalue weighted by atomic mass is 127. The largest absolute Gasteiger partial charge is 0.387 e. The van der Waals surface area contributed by atoms with Crippen molar-refractivity contribution in [2.45, 2.75) is 38.2 Å². The molecule has 1 saturated carbocycles. The average Bonchev–Trinajstić information content (AvgIpc) is 2.90. The van der Waals surface area contributed by atoms with Crippen molar-refractivity contribution in [3.63, 3.8) is 0 Å². The van der Waals surface area contributed by atoms with Crippen LogP contribution in [-0.2, 0) is 4.84 Å². The summed E-state index contributed by atoms with van der Waals surface area (Å²) in [4.78, 5) is 5.61. The van der Waals surface area contributed by atoms with Crippen molar-refractivity contribution in [1.29, 1.82) is 0 Å². The van der Waals surface area contributed by atoms with E-state index in [1.54, 1.807) is 0 Å². The van der Waals surface area contributed by atoms with E-state index in [2.05, 4.69) is 52.0 Å². The van der Waals surface area contributed by atoms with E-state index in [9.17, 15) is 0 Å². The molecule has 0 N–H and O–H groups in total. The third-order valence-corrected chi connectivity index (χ3v) is 4.87. The van der Waals surface area contributed by atoms with Gasteiger partial charge in [0, 0.05) is 9.49 Å². The highest BCUT2D eigenvalue weighted by molar-refractivity contribution is 14.1. The fourth-order valence-electron chi connectivity index (χ4n) is 3.14. The predicted molar refractivity (Wildman–Crippen MR) is 81.5 cm³/mol. The molecule has 1 aromatic rings. The molecule has 2 aliphatic rings. The monoisotopic (exact) mass is 355 g/mol. The Balaban J connectivity index is 1.77. The summed E-state index contributed by atoms with van der Waals surface area (Å²) >= 11 is 2.34. The first-order chi connectivity index (χ1) is 8.84. The maximum Gasteiger partial charge on any atom is 0.160 e. The topological polar surface area (TPSA) is 21.6 Å². The Morgan fingerprint density at radius 2 is 1.78 bits per heavy atom. The fourth-order valence-corrected chi connectivity index (χ4v) is 3.50. The van der Waals surface area contributed by atoms with Crippen LogP contribution in [0.5, 0.6) is 0 Å². The Kier molecular flexibility index (Phi) is 3.87. The van der Waals surface area contributed by atoms with Gasteiger partial charge < -0.3 is 4.84 Å². The van der Waals surface area contributed by atoms with E-state index in [1.165, 1.54) is 41.2 Å². The van der Waals surface area contributed by atoms with Gasteiger partial charge in [0.2, 0.25) is 0 Å². The van der Waals surface area contributed by atoms with Crippen molar-refractivity contribution >= 4 is 28.8 Å². The number of oxime groups is 1. The Morgan fingerprint density at radius 1 is 1.06 bits per heavy atom. The molecular formula is C15H18INO. The summed E-state index contributed by atoms with van der Waals surface area (Å²) in [5.74, 6) is 1.24. The first-order valence-corrected chi connectivity index (χ1v) is 7.87. The molecule has 1 aromatic carbocycles. The summed E-state index contributed by atoms with van der Waals surface area (Å²) in [6, 6.07) is 8.65. The molecule has 0 radical (unpaired) electrons. The number of hydrogen-bond acceptors (Lipinski definition) is 2. The Labute approximate surface area is 122 Å². The molecule has 1 aliphatic heterocycles. The third-order valence-electron chi connectivity index (χ3n) is 4.15. The molecule has 3 heteroatoms. The second kappa shape index (κ2) is 5.59. The number of nitrogens with zero attached hydrogens (tertiary/aromatic N) is 1. The Hall–Kier alpha value is -0.580. The molecule has 0 aromatic heterocycles. The molecule has 2 unspecified atom stereocenters. The van der Waals surface area contributed by atoms with Gasteiger partial charge in [-0.1, -0.05) is 36.6 Å². The molecule has 0 spiro atoms. The average molecular weight is 355 g/mol. The third kappa shape index (κ3) is 2.56. The van der Waals surface area contributed by atoms with Crippen LogP contribution < -0.4 is 0 Å². The van der Waals surface area contributed by atoms with Gasteiger partial charge in [-0.05, 0) is 59.0 Å². The molecule has 2 atom stereocenters. The molecule has 0 amide bonds. The van der Waals surface area contributed by atoms with Crippen LogP contribution in [0.15, 0.2) is 29.4 Å². The zero-order chi connectivity index (χ0) is 12.4. The van der Waals surface area contributed by atoms with Crippen molar-refractivity contribution in [3.05, 3.63) is 33.4 Å². The lowest BCUT2D eigenvalue weighted by Crippen LogP contribution is -2.23. The van der Waals surface area contributed by atoms with Crippen LogP contribution in [0.3, 0.4) is 0 Å². The molecule has 1 aliphatic carbocycles. The zero-order valence-corrected chi connectivity index (χ0v) is 12.5. The number of rotatable bonds is 2. The first-order valence-electron chi connectivity index (χ1n) is 6.79. The minimum atomic E-state index is 0.144. The summed E-state index contributed by atoms with van der Waals surface area (Å²) in [7, 11) is 0. The second-order valence-corrected chi connectivity index (χ2v) is 6.55. The second-order valence-electron chi connectivity index (χ2n) is 5.31. The lowest BCUT2D eigenvalue weighted by molar-refractivity contribution is 0.0405. The van der Waals surface area contributed by atoms with Crippen LogP contribution in [0.25, 0.3) is 0 Å². The quantitative estimate of drug-likeness (QED) is 0.714. The van der Waals surface area contributed by atoms with Gasteiger partial charge >= 0.3 is 0 Å². The van der Waals surface area contributed by atoms with Gasteiger partial charge in [-0.25, -0.2) is 0 Å². The summed E-state index contributed by atoms with van der Waals surface area (Å²) in [6.45, 7) is 0. The maximum absolute atomic E-state index is 5.61. The molecule has 18 heavy (non-hydrogen) atoms. The van der Waals surface area contributed by atoms with Crippen LogP contribution in [-0.4, -0.2) is 6.21 Å². The van der Waals surface area contributed by atoms with Gasteiger partial charge in [0.15, 0.2) is 6.10 Å². The summed E-state index contributed by atoms with van der Waals surface area (Å²) in [5, 5.41) is 4.09. The van der Waals surface area contributed by atoms with Crippen molar-refractivity contribution < 1.29 is 4.84 Å². The molecule has 2 nitrogen and oxygen atoms in total. The standard InChI is InChI=1S/C15H18INO/c16-13-8-6-12(7-9-13)15-14(10-17-18-15)11-4-2-1-3-5-11/h6-11,14-15H,1-5H2. The van der Waals surface area contributed by atoms with E-state index in [4.69, 9.17) is 4.84 Å². The van der Waals surface area contributed by atoms with Crippen molar-refractivity contribution in [1.82, 2.24) is 0 Å². The Morgan fingerprint density at radius 3 is 2.50 bits per heavy atom. The SMILES string of the molecule is Ic1ccc(C2ON=CC2C2CCCCC2)cc1. The van der Waals surface area contributed by atoms with E-state index < -0.39 is 0 Å². The van der Waals surface area contributed by atoms with Gasteiger partial charge in [0.25, 0.3) is 0 Å². The maximum atomic E-state index is 5.61. The molecule has 1 fully saturated rings. The Bertz CT molecular complexity index is 423. The van der Waals surface area contributed by atoms with Crippen LogP contribution in [0.1, 0.15) is 43.8 Å². The molecular weight excluding hydrogens is 337 g/mol. The van der Waals surface area contributed by atoms with E-state index >= 15 is 0 Å². The van der Waals surface area contributed by atoms with Crippen molar-refractivity contribution in [2.75, 3.05) is 0 Å². The minimum absolute atomic E-state index is 0.144. The van der Waals surface area contributed by atoms with Crippen molar-refractivity contribution in [2.24, 2.45) is 17.0 Å². The fraction of sp³-hybridized carbons (Fsp3) is 0.533. The van der Waals surface area contributed by atoms with E-state index in [0.717, 1.165) is 5.92 Å². The van der Waals surface area contributed by atoms with Crippen molar-refractivity contribution in [3.8, 4) is 0 Å². The van der Waals surface area contributed by atoms with Crippen LogP contribution in [0.4, 0.5) is 0 Å². The summed E-state index contributed by atoms with van der Waals surface area (Å²) < 4.78 is 1.27.